The summed E-state index contributed by atoms with van der Waals surface area (Å²) in [6, 6.07) is 10.9. The van der Waals surface area contributed by atoms with Gasteiger partial charge in [-0.05, 0) is 25.1 Å². The van der Waals surface area contributed by atoms with E-state index < -0.39 is 16.1 Å². The van der Waals surface area contributed by atoms with Crippen molar-refractivity contribution in [3.05, 3.63) is 48.3 Å². The summed E-state index contributed by atoms with van der Waals surface area (Å²) in [6.07, 6.45) is 2.16. The molecule has 1 aromatic heterocycles. The van der Waals surface area contributed by atoms with Crippen molar-refractivity contribution in [3.63, 3.8) is 0 Å². The van der Waals surface area contributed by atoms with Gasteiger partial charge in [0.1, 0.15) is 11.9 Å². The average Bonchev–Trinajstić information content (AvgIpc) is 2.79. The summed E-state index contributed by atoms with van der Waals surface area (Å²) in [5, 5.41) is 3.80. The normalized spacial score (nSPS) is 13.2. The van der Waals surface area contributed by atoms with Crippen LogP contribution in [0.15, 0.2) is 42.6 Å². The predicted molar refractivity (Wildman–Crippen MR) is 68.0 cm³/mol. The predicted octanol–water partition coefficient (Wildman–Crippen LogP) is 1.83. The topological polar surface area (TPSA) is 61.2 Å². The zero-order valence-corrected chi connectivity index (χ0v) is 11.0. The van der Waals surface area contributed by atoms with Gasteiger partial charge in [0.05, 0.1) is 18.1 Å². The molecule has 0 radical (unpaired) electrons. The number of ether oxygens (including phenoxy) is 1. The average molecular weight is 266 g/mol. The number of benzene rings is 1. The van der Waals surface area contributed by atoms with Crippen LogP contribution in [0.5, 0.6) is 5.75 Å². The third-order valence-electron chi connectivity index (χ3n) is 2.42. The maximum absolute atomic E-state index is 11.5. The molecule has 0 saturated carbocycles. The number of hydrogen-bond acceptors (Lipinski definition) is 4. The van der Waals surface area contributed by atoms with Crippen molar-refractivity contribution in [1.29, 1.82) is 0 Å². The van der Waals surface area contributed by atoms with Gasteiger partial charge in [0.15, 0.2) is 0 Å². The van der Waals surface area contributed by atoms with Crippen LogP contribution < -0.4 is 4.74 Å². The molecule has 0 amide bonds. The van der Waals surface area contributed by atoms with Gasteiger partial charge in [-0.1, -0.05) is 18.2 Å². The van der Waals surface area contributed by atoms with Crippen LogP contribution in [0.25, 0.3) is 0 Å². The van der Waals surface area contributed by atoms with Gasteiger partial charge in [0.2, 0.25) is 0 Å². The lowest BCUT2D eigenvalue weighted by atomic mass is 10.3. The smallest absolute Gasteiger partial charge is 0.251 e. The SMILES string of the molecule is C[C@@H](Oc1ccccc1)c1ccnn1S(C)(=O)=O. The molecule has 0 aliphatic rings. The third-order valence-corrected chi connectivity index (χ3v) is 3.36. The third kappa shape index (κ3) is 2.70. The van der Waals surface area contributed by atoms with E-state index in [9.17, 15) is 8.42 Å². The maximum atomic E-state index is 11.5. The van der Waals surface area contributed by atoms with Crippen molar-refractivity contribution >= 4 is 10.0 Å². The maximum Gasteiger partial charge on any atom is 0.251 e. The van der Waals surface area contributed by atoms with Crippen molar-refractivity contribution in [2.75, 3.05) is 6.26 Å². The second kappa shape index (κ2) is 4.81. The molecule has 0 bridgehead atoms. The lowest BCUT2D eigenvalue weighted by molar-refractivity contribution is 0.220. The second-order valence-corrected chi connectivity index (χ2v) is 5.75. The molecule has 1 aromatic carbocycles. The molecular weight excluding hydrogens is 252 g/mol. The van der Waals surface area contributed by atoms with Gasteiger partial charge in [-0.15, -0.1) is 0 Å². The highest BCUT2D eigenvalue weighted by molar-refractivity contribution is 7.89. The Morgan fingerprint density at radius 1 is 1.22 bits per heavy atom. The van der Waals surface area contributed by atoms with Gasteiger partial charge in [-0.2, -0.15) is 9.19 Å². The molecule has 2 rings (SSSR count). The van der Waals surface area contributed by atoms with Crippen molar-refractivity contribution in [2.45, 2.75) is 13.0 Å². The summed E-state index contributed by atoms with van der Waals surface area (Å²) in [6.45, 7) is 1.78. The fourth-order valence-corrected chi connectivity index (χ4v) is 2.45. The molecule has 0 N–H and O–H groups in total. The number of aromatic nitrogens is 2. The van der Waals surface area contributed by atoms with E-state index in [-0.39, 0.29) is 0 Å². The summed E-state index contributed by atoms with van der Waals surface area (Å²) in [5.74, 6) is 0.686. The Morgan fingerprint density at radius 3 is 2.50 bits per heavy atom. The Hall–Kier alpha value is -1.82. The molecule has 5 nitrogen and oxygen atoms in total. The zero-order valence-electron chi connectivity index (χ0n) is 10.1. The van der Waals surface area contributed by atoms with Gasteiger partial charge in [0, 0.05) is 0 Å². The first kappa shape index (κ1) is 12.6. The van der Waals surface area contributed by atoms with Gasteiger partial charge < -0.3 is 4.74 Å². The number of rotatable bonds is 4. The molecule has 0 aliphatic carbocycles. The number of para-hydroxylation sites is 1. The van der Waals surface area contributed by atoms with E-state index in [1.807, 2.05) is 30.3 Å². The Morgan fingerprint density at radius 2 is 1.89 bits per heavy atom. The van der Waals surface area contributed by atoms with Crippen molar-refractivity contribution in [2.24, 2.45) is 0 Å². The zero-order chi connectivity index (χ0) is 13.2. The highest BCUT2D eigenvalue weighted by atomic mass is 32.2. The first-order chi connectivity index (χ1) is 8.48. The van der Waals surface area contributed by atoms with Crippen LogP contribution in [0, 0.1) is 0 Å². The molecule has 0 saturated heterocycles. The minimum Gasteiger partial charge on any atom is -0.484 e. The highest BCUT2D eigenvalue weighted by Crippen LogP contribution is 2.21. The summed E-state index contributed by atoms with van der Waals surface area (Å²) >= 11 is 0. The lowest BCUT2D eigenvalue weighted by Crippen LogP contribution is -2.18. The van der Waals surface area contributed by atoms with Crippen LogP contribution in [0.4, 0.5) is 0 Å². The minimum absolute atomic E-state index is 0.398. The minimum atomic E-state index is -3.40. The lowest BCUT2D eigenvalue weighted by Gasteiger charge is -2.15. The van der Waals surface area contributed by atoms with Crippen LogP contribution in [0.1, 0.15) is 18.7 Å². The summed E-state index contributed by atoms with van der Waals surface area (Å²) < 4.78 is 29.7. The van der Waals surface area contributed by atoms with Crippen LogP contribution in [-0.2, 0) is 10.0 Å². The van der Waals surface area contributed by atoms with Gasteiger partial charge in [-0.3, -0.25) is 0 Å². The Bertz CT molecular complexity index is 620. The van der Waals surface area contributed by atoms with E-state index in [4.69, 9.17) is 4.74 Å². The van der Waals surface area contributed by atoms with Crippen molar-refractivity contribution in [3.8, 4) is 5.75 Å². The van der Waals surface area contributed by atoms with Crippen molar-refractivity contribution < 1.29 is 13.2 Å². The number of hydrogen-bond donors (Lipinski definition) is 0. The van der Waals surface area contributed by atoms with Gasteiger partial charge in [0.25, 0.3) is 10.0 Å². The first-order valence-corrected chi connectivity index (χ1v) is 7.29. The molecule has 1 atom stereocenters. The second-order valence-electron chi connectivity index (χ2n) is 3.94. The monoisotopic (exact) mass is 266 g/mol. The summed E-state index contributed by atoms with van der Waals surface area (Å²) in [4.78, 5) is 0. The molecule has 18 heavy (non-hydrogen) atoms. The van der Waals surface area contributed by atoms with E-state index in [2.05, 4.69) is 5.10 Å². The Balaban J connectivity index is 2.25. The standard InChI is InChI=1S/C12H14N2O3S/c1-10(17-11-6-4-3-5-7-11)12-8-9-13-14(12)18(2,15)16/h3-10H,1-2H3/t10-/m1/s1. The van der Waals surface area contributed by atoms with E-state index in [0.29, 0.717) is 11.4 Å². The molecule has 0 unspecified atom stereocenters. The molecule has 2 aromatic rings. The van der Waals surface area contributed by atoms with Crippen LogP contribution in [-0.4, -0.2) is 23.9 Å². The molecule has 0 fully saturated rings. The fourth-order valence-electron chi connectivity index (χ4n) is 1.63. The Labute approximate surface area is 106 Å². The summed E-state index contributed by atoms with van der Waals surface area (Å²) in [5.41, 5.74) is 0.501. The van der Waals surface area contributed by atoms with Gasteiger partial charge >= 0.3 is 0 Å². The van der Waals surface area contributed by atoms with Crippen LogP contribution >= 0.6 is 0 Å². The van der Waals surface area contributed by atoms with E-state index in [1.165, 1.54) is 6.20 Å². The highest BCUT2D eigenvalue weighted by Gasteiger charge is 2.18. The van der Waals surface area contributed by atoms with E-state index >= 15 is 0 Å². The van der Waals surface area contributed by atoms with Crippen molar-refractivity contribution in [1.82, 2.24) is 9.19 Å². The van der Waals surface area contributed by atoms with E-state index in [1.54, 1.807) is 13.0 Å². The Kier molecular flexibility index (Phi) is 3.38. The van der Waals surface area contributed by atoms with Crippen LogP contribution in [0.3, 0.4) is 0 Å². The molecule has 0 aliphatic heterocycles. The molecular formula is C12H14N2O3S. The number of nitrogens with zero attached hydrogens (tertiary/aromatic N) is 2. The molecule has 0 spiro atoms. The summed E-state index contributed by atoms with van der Waals surface area (Å²) in [7, 11) is -3.40. The van der Waals surface area contributed by atoms with Gasteiger partial charge in [-0.25, -0.2) is 8.42 Å². The molecule has 6 heteroatoms. The quantitative estimate of drug-likeness (QED) is 0.847. The first-order valence-electron chi connectivity index (χ1n) is 5.44. The van der Waals surface area contributed by atoms with Crippen LogP contribution in [0.2, 0.25) is 0 Å². The molecule has 1 heterocycles. The largest absolute Gasteiger partial charge is 0.484 e. The van der Waals surface area contributed by atoms with E-state index in [0.717, 1.165) is 10.3 Å². The molecule has 96 valence electrons. The fraction of sp³-hybridized carbons (Fsp3) is 0.250.